The highest BCUT2D eigenvalue weighted by Gasteiger charge is 2.16. The van der Waals surface area contributed by atoms with Gasteiger partial charge in [0.1, 0.15) is 6.20 Å². The third-order valence-corrected chi connectivity index (χ3v) is 2.53. The third kappa shape index (κ3) is 6.29. The Labute approximate surface area is 122 Å². The maximum Gasteiger partial charge on any atom is 0.329 e. The summed E-state index contributed by atoms with van der Waals surface area (Å²) in [7, 11) is 1.62. The molecule has 0 aliphatic carbocycles. The number of nitrogens with two attached hydrogens (primary N) is 1. The van der Waals surface area contributed by atoms with E-state index in [9.17, 15) is 10.1 Å². The summed E-state index contributed by atoms with van der Waals surface area (Å²) in [5.74, 6) is 5.44. The van der Waals surface area contributed by atoms with Crippen LogP contribution in [0.15, 0.2) is 6.20 Å². The predicted molar refractivity (Wildman–Crippen MR) is 76.9 cm³/mol. The van der Waals surface area contributed by atoms with Crippen molar-refractivity contribution in [2.45, 2.75) is 12.8 Å². The van der Waals surface area contributed by atoms with Crippen molar-refractivity contribution in [1.29, 1.82) is 0 Å². The van der Waals surface area contributed by atoms with Crippen molar-refractivity contribution in [2.24, 2.45) is 5.84 Å². The molecule has 0 saturated heterocycles. The first-order valence-corrected chi connectivity index (χ1v) is 6.47. The molecule has 0 fully saturated rings. The number of aromatic nitrogens is 2. The number of nitro groups is 1. The van der Waals surface area contributed by atoms with Crippen molar-refractivity contribution in [3.8, 4) is 0 Å². The van der Waals surface area contributed by atoms with Crippen LogP contribution in [0.2, 0.25) is 0 Å². The summed E-state index contributed by atoms with van der Waals surface area (Å²) in [5.41, 5.74) is 2.06. The summed E-state index contributed by atoms with van der Waals surface area (Å²) < 4.78 is 10.2. The number of unbranched alkanes of at least 4 members (excludes halogenated alkanes) is 1. The van der Waals surface area contributed by atoms with Crippen LogP contribution in [-0.2, 0) is 9.47 Å². The molecule has 4 N–H and O–H groups in total. The molecular formula is C11H20N6O4. The maximum atomic E-state index is 10.9. The second-order valence-corrected chi connectivity index (χ2v) is 4.07. The smallest absolute Gasteiger partial charge is 0.329 e. The fourth-order valence-corrected chi connectivity index (χ4v) is 1.49. The van der Waals surface area contributed by atoms with E-state index in [1.54, 1.807) is 7.11 Å². The van der Waals surface area contributed by atoms with Crippen molar-refractivity contribution < 1.29 is 14.4 Å². The lowest BCUT2D eigenvalue weighted by molar-refractivity contribution is -0.384. The zero-order valence-corrected chi connectivity index (χ0v) is 11.9. The minimum absolute atomic E-state index is 0.117. The van der Waals surface area contributed by atoms with Gasteiger partial charge in [-0.05, 0) is 12.8 Å². The van der Waals surface area contributed by atoms with Gasteiger partial charge in [-0.15, -0.1) is 0 Å². The number of nitrogen functional groups attached to an aromatic ring is 1. The molecule has 1 aromatic heterocycles. The van der Waals surface area contributed by atoms with Crippen LogP contribution in [0.3, 0.4) is 0 Å². The molecule has 1 rings (SSSR count). The fraction of sp³-hybridized carbons (Fsp3) is 0.636. The molecule has 0 radical (unpaired) electrons. The largest absolute Gasteiger partial charge is 0.382 e. The average molecular weight is 300 g/mol. The SMILES string of the molecule is COCCOCCCCNc1nc(NN)ncc1[N+](=O)[O-]. The molecule has 0 unspecified atom stereocenters. The van der Waals surface area contributed by atoms with E-state index >= 15 is 0 Å². The minimum Gasteiger partial charge on any atom is -0.382 e. The minimum atomic E-state index is -0.545. The van der Waals surface area contributed by atoms with E-state index in [1.165, 1.54) is 0 Å². The van der Waals surface area contributed by atoms with E-state index in [0.29, 0.717) is 26.4 Å². The molecule has 0 amide bonds. The van der Waals surface area contributed by atoms with Crippen LogP contribution in [-0.4, -0.2) is 48.4 Å². The Kier molecular flexibility index (Phi) is 7.94. The lowest BCUT2D eigenvalue weighted by atomic mass is 10.3. The van der Waals surface area contributed by atoms with Crippen LogP contribution in [0, 0.1) is 10.1 Å². The highest BCUT2D eigenvalue weighted by Crippen LogP contribution is 2.21. The van der Waals surface area contributed by atoms with E-state index in [4.69, 9.17) is 15.3 Å². The van der Waals surface area contributed by atoms with Crippen LogP contribution in [0.5, 0.6) is 0 Å². The molecule has 0 aliphatic heterocycles. The van der Waals surface area contributed by atoms with Gasteiger partial charge in [0.2, 0.25) is 11.8 Å². The molecule has 0 aliphatic rings. The standard InChI is InChI=1S/C11H20N6O4/c1-20-6-7-21-5-3-2-4-13-10-9(17(18)19)8-14-11(15-10)16-12/h8H,2-7,12H2,1H3,(H2,13,14,15,16). The van der Waals surface area contributed by atoms with Crippen molar-refractivity contribution in [3.63, 3.8) is 0 Å². The molecule has 0 bridgehead atoms. The van der Waals surface area contributed by atoms with Gasteiger partial charge in [-0.3, -0.25) is 15.5 Å². The summed E-state index contributed by atoms with van der Waals surface area (Å²) in [6.45, 7) is 2.29. The Morgan fingerprint density at radius 2 is 2.19 bits per heavy atom. The van der Waals surface area contributed by atoms with Crippen molar-refractivity contribution in [2.75, 3.05) is 44.2 Å². The number of hydrogen-bond donors (Lipinski definition) is 3. The van der Waals surface area contributed by atoms with Gasteiger partial charge in [0.25, 0.3) is 0 Å². The first-order chi connectivity index (χ1) is 10.2. The van der Waals surface area contributed by atoms with Crippen molar-refractivity contribution in [1.82, 2.24) is 9.97 Å². The predicted octanol–water partition coefficient (Wildman–Crippen LogP) is 0.526. The maximum absolute atomic E-state index is 10.9. The van der Waals surface area contributed by atoms with Gasteiger partial charge < -0.3 is 14.8 Å². The second-order valence-electron chi connectivity index (χ2n) is 4.07. The van der Waals surface area contributed by atoms with Gasteiger partial charge in [-0.1, -0.05) is 0 Å². The number of methoxy groups -OCH3 is 1. The molecule has 118 valence electrons. The normalized spacial score (nSPS) is 10.4. The van der Waals surface area contributed by atoms with E-state index in [0.717, 1.165) is 19.0 Å². The molecular weight excluding hydrogens is 280 g/mol. The zero-order chi connectivity index (χ0) is 15.5. The molecule has 0 atom stereocenters. The first kappa shape index (κ1) is 17.0. The first-order valence-electron chi connectivity index (χ1n) is 6.47. The zero-order valence-electron chi connectivity index (χ0n) is 11.9. The fourth-order valence-electron chi connectivity index (χ4n) is 1.49. The molecule has 10 heteroatoms. The summed E-state index contributed by atoms with van der Waals surface area (Å²) in [6.07, 6.45) is 2.73. The Balaban J connectivity index is 2.35. The molecule has 1 aromatic rings. The number of nitrogens with one attached hydrogen (secondary N) is 2. The molecule has 21 heavy (non-hydrogen) atoms. The van der Waals surface area contributed by atoms with Crippen LogP contribution >= 0.6 is 0 Å². The molecule has 10 nitrogen and oxygen atoms in total. The van der Waals surface area contributed by atoms with Crippen molar-refractivity contribution >= 4 is 17.5 Å². The number of hydrazine groups is 1. The quantitative estimate of drug-likeness (QED) is 0.231. The third-order valence-electron chi connectivity index (χ3n) is 2.53. The van der Waals surface area contributed by atoms with Gasteiger partial charge >= 0.3 is 5.69 Å². The van der Waals surface area contributed by atoms with Crippen LogP contribution in [0.25, 0.3) is 0 Å². The van der Waals surface area contributed by atoms with E-state index < -0.39 is 4.92 Å². The highest BCUT2D eigenvalue weighted by molar-refractivity contribution is 5.56. The summed E-state index contributed by atoms with van der Waals surface area (Å²) in [5, 5.41) is 13.8. The molecule has 0 aromatic carbocycles. The Hall–Kier alpha value is -2.04. The van der Waals surface area contributed by atoms with Gasteiger partial charge in [0.05, 0.1) is 18.1 Å². The number of rotatable bonds is 11. The molecule has 0 saturated carbocycles. The monoisotopic (exact) mass is 300 g/mol. The van der Waals surface area contributed by atoms with E-state index in [1.807, 2.05) is 0 Å². The highest BCUT2D eigenvalue weighted by atomic mass is 16.6. The van der Waals surface area contributed by atoms with E-state index in [2.05, 4.69) is 20.7 Å². The second kappa shape index (κ2) is 9.80. The number of ether oxygens (including phenoxy) is 2. The van der Waals surface area contributed by atoms with E-state index in [-0.39, 0.29) is 17.5 Å². The number of anilines is 2. The average Bonchev–Trinajstić information content (AvgIpc) is 2.49. The number of nitrogens with zero attached hydrogens (tertiary/aromatic N) is 3. The van der Waals surface area contributed by atoms with Crippen molar-refractivity contribution in [3.05, 3.63) is 16.3 Å². The summed E-state index contributed by atoms with van der Waals surface area (Å²) in [6, 6.07) is 0. The Morgan fingerprint density at radius 1 is 1.38 bits per heavy atom. The molecule has 1 heterocycles. The van der Waals surface area contributed by atoms with Gasteiger partial charge in [0.15, 0.2) is 0 Å². The van der Waals surface area contributed by atoms with Gasteiger partial charge in [-0.25, -0.2) is 10.8 Å². The summed E-state index contributed by atoms with van der Waals surface area (Å²) >= 11 is 0. The van der Waals surface area contributed by atoms with Crippen LogP contribution in [0.4, 0.5) is 17.5 Å². The van der Waals surface area contributed by atoms with Gasteiger partial charge in [-0.2, -0.15) is 4.98 Å². The lowest BCUT2D eigenvalue weighted by Gasteiger charge is -2.07. The lowest BCUT2D eigenvalue weighted by Crippen LogP contribution is -2.14. The van der Waals surface area contributed by atoms with Crippen LogP contribution < -0.4 is 16.6 Å². The van der Waals surface area contributed by atoms with Crippen LogP contribution in [0.1, 0.15) is 12.8 Å². The number of hydrogen-bond acceptors (Lipinski definition) is 9. The summed E-state index contributed by atoms with van der Waals surface area (Å²) in [4.78, 5) is 17.9. The van der Waals surface area contributed by atoms with Gasteiger partial charge in [0, 0.05) is 20.3 Å². The Bertz CT molecular complexity index is 445. The molecule has 0 spiro atoms. The Morgan fingerprint density at radius 3 is 2.86 bits per heavy atom. The topological polar surface area (TPSA) is 137 Å².